The van der Waals surface area contributed by atoms with Crippen molar-refractivity contribution in [3.05, 3.63) is 29.3 Å². The van der Waals surface area contributed by atoms with E-state index in [2.05, 4.69) is 23.0 Å². The summed E-state index contributed by atoms with van der Waals surface area (Å²) in [4.78, 5) is 15.6. The van der Waals surface area contributed by atoms with Crippen molar-refractivity contribution >= 4 is 5.91 Å². The van der Waals surface area contributed by atoms with Gasteiger partial charge in [-0.3, -0.25) is 4.79 Å². The standard InChI is InChI=1S/C22H27NO2/c1-3-9-21(10-5-4-6-11-21)20(24)23-15-17-7-8-18(25-2)14-19(17)22(16-23)12-13-22/h1,7-8,14H,4-6,9-13,15-16H2,2H3. The van der Waals surface area contributed by atoms with E-state index >= 15 is 0 Å². The summed E-state index contributed by atoms with van der Waals surface area (Å²) in [5, 5.41) is 0. The van der Waals surface area contributed by atoms with Gasteiger partial charge in [-0.2, -0.15) is 0 Å². The van der Waals surface area contributed by atoms with Crippen molar-refractivity contribution in [3.8, 4) is 18.1 Å². The first-order chi connectivity index (χ1) is 12.1. The smallest absolute Gasteiger partial charge is 0.230 e. The fourth-order valence-electron chi connectivity index (χ4n) is 4.97. The molecule has 0 radical (unpaired) electrons. The number of hydrogen-bond donors (Lipinski definition) is 0. The lowest BCUT2D eigenvalue weighted by molar-refractivity contribution is -0.145. The highest BCUT2D eigenvalue weighted by molar-refractivity contribution is 5.84. The molecule has 1 aromatic carbocycles. The number of amides is 1. The van der Waals surface area contributed by atoms with Crippen LogP contribution in [0.4, 0.5) is 0 Å². The van der Waals surface area contributed by atoms with Gasteiger partial charge in [0.1, 0.15) is 5.75 Å². The van der Waals surface area contributed by atoms with Crippen molar-refractivity contribution in [1.29, 1.82) is 0 Å². The summed E-state index contributed by atoms with van der Waals surface area (Å²) in [5.74, 6) is 4.03. The van der Waals surface area contributed by atoms with Crippen molar-refractivity contribution in [2.75, 3.05) is 13.7 Å². The largest absolute Gasteiger partial charge is 0.497 e. The Morgan fingerprint density at radius 1 is 1.24 bits per heavy atom. The quantitative estimate of drug-likeness (QED) is 0.779. The molecule has 0 atom stereocenters. The Bertz CT molecular complexity index is 720. The van der Waals surface area contributed by atoms with Crippen LogP contribution >= 0.6 is 0 Å². The van der Waals surface area contributed by atoms with E-state index in [1.54, 1.807) is 7.11 Å². The number of hydrogen-bond acceptors (Lipinski definition) is 2. The highest BCUT2D eigenvalue weighted by atomic mass is 16.5. The van der Waals surface area contributed by atoms with Gasteiger partial charge in [0.15, 0.2) is 0 Å². The molecule has 1 amide bonds. The molecule has 25 heavy (non-hydrogen) atoms. The van der Waals surface area contributed by atoms with E-state index in [0.29, 0.717) is 18.9 Å². The first kappa shape index (κ1) is 16.5. The molecule has 4 rings (SSSR count). The second kappa shape index (κ2) is 6.09. The van der Waals surface area contributed by atoms with Crippen molar-refractivity contribution in [2.24, 2.45) is 5.41 Å². The molecule has 0 bridgehead atoms. The van der Waals surface area contributed by atoms with E-state index in [4.69, 9.17) is 11.2 Å². The average molecular weight is 337 g/mol. The van der Waals surface area contributed by atoms with E-state index in [1.807, 2.05) is 6.07 Å². The van der Waals surface area contributed by atoms with Gasteiger partial charge in [-0.1, -0.05) is 25.3 Å². The normalized spacial score (nSPS) is 22.8. The van der Waals surface area contributed by atoms with Crippen LogP contribution in [0.2, 0.25) is 0 Å². The van der Waals surface area contributed by atoms with Gasteiger partial charge < -0.3 is 9.64 Å². The Kier molecular flexibility index (Phi) is 4.02. The minimum absolute atomic E-state index is 0.157. The molecule has 1 aromatic rings. The van der Waals surface area contributed by atoms with Crippen LogP contribution in [0.3, 0.4) is 0 Å². The average Bonchev–Trinajstić information content (AvgIpc) is 3.41. The van der Waals surface area contributed by atoms with Crippen LogP contribution in [0.1, 0.15) is 62.5 Å². The number of rotatable bonds is 3. The van der Waals surface area contributed by atoms with Gasteiger partial charge in [-0.05, 0) is 48.9 Å². The summed E-state index contributed by atoms with van der Waals surface area (Å²) in [6.45, 7) is 1.56. The molecule has 3 aliphatic rings. The fourth-order valence-corrected chi connectivity index (χ4v) is 4.97. The Hall–Kier alpha value is -1.95. The van der Waals surface area contributed by atoms with Gasteiger partial charge in [-0.15, -0.1) is 12.3 Å². The number of fused-ring (bicyclic) bond motifs is 2. The first-order valence-electron chi connectivity index (χ1n) is 9.53. The zero-order chi connectivity index (χ0) is 17.5. The second-order valence-electron chi connectivity index (χ2n) is 8.19. The van der Waals surface area contributed by atoms with E-state index in [-0.39, 0.29) is 10.8 Å². The molecule has 132 valence electrons. The van der Waals surface area contributed by atoms with Gasteiger partial charge in [-0.25, -0.2) is 0 Å². The molecular formula is C22H27NO2. The Morgan fingerprint density at radius 2 is 2.00 bits per heavy atom. The molecule has 0 saturated heterocycles. The van der Waals surface area contributed by atoms with E-state index < -0.39 is 0 Å². The summed E-state index contributed by atoms with van der Waals surface area (Å²) in [5.41, 5.74) is 2.52. The number of benzene rings is 1. The number of ether oxygens (including phenoxy) is 1. The van der Waals surface area contributed by atoms with E-state index in [1.165, 1.54) is 30.4 Å². The van der Waals surface area contributed by atoms with Crippen molar-refractivity contribution in [3.63, 3.8) is 0 Å². The number of methoxy groups -OCH3 is 1. The number of nitrogens with zero attached hydrogens (tertiary/aromatic N) is 1. The fraction of sp³-hybridized carbons (Fsp3) is 0.591. The molecule has 2 saturated carbocycles. The third kappa shape index (κ3) is 2.72. The maximum absolute atomic E-state index is 13.5. The monoisotopic (exact) mass is 337 g/mol. The topological polar surface area (TPSA) is 29.5 Å². The molecule has 1 spiro atoms. The summed E-state index contributed by atoms with van der Waals surface area (Å²) < 4.78 is 5.42. The molecule has 3 nitrogen and oxygen atoms in total. The molecule has 0 N–H and O–H groups in total. The third-order valence-electron chi connectivity index (χ3n) is 6.59. The van der Waals surface area contributed by atoms with E-state index in [0.717, 1.165) is 38.0 Å². The van der Waals surface area contributed by atoms with Crippen LogP contribution in [0.15, 0.2) is 18.2 Å². The molecule has 1 aliphatic heterocycles. The van der Waals surface area contributed by atoms with Crippen LogP contribution in [0.25, 0.3) is 0 Å². The molecule has 0 aromatic heterocycles. The molecule has 1 heterocycles. The summed E-state index contributed by atoms with van der Waals surface area (Å²) in [6.07, 6.45) is 14.0. The summed E-state index contributed by atoms with van der Waals surface area (Å²) in [7, 11) is 1.71. The lowest BCUT2D eigenvalue weighted by Gasteiger charge is -2.43. The van der Waals surface area contributed by atoms with Gasteiger partial charge in [0.05, 0.1) is 12.5 Å². The molecule has 2 aliphatic carbocycles. The van der Waals surface area contributed by atoms with Gasteiger partial charge in [0.25, 0.3) is 0 Å². The third-order valence-corrected chi connectivity index (χ3v) is 6.59. The molecule has 3 heteroatoms. The zero-order valence-corrected chi connectivity index (χ0v) is 15.1. The first-order valence-corrected chi connectivity index (χ1v) is 9.53. The molecule has 0 unspecified atom stereocenters. The predicted octanol–water partition coefficient (Wildman–Crippen LogP) is 4.04. The molecular weight excluding hydrogens is 310 g/mol. The minimum atomic E-state index is -0.312. The lowest BCUT2D eigenvalue weighted by atomic mass is 9.70. The summed E-state index contributed by atoms with van der Waals surface area (Å²) in [6, 6.07) is 6.34. The lowest BCUT2D eigenvalue weighted by Crippen LogP contribution is -2.49. The number of terminal acetylenes is 1. The van der Waals surface area contributed by atoms with Crippen LogP contribution in [0.5, 0.6) is 5.75 Å². The zero-order valence-electron chi connectivity index (χ0n) is 15.1. The highest BCUT2D eigenvalue weighted by Crippen LogP contribution is 2.54. The van der Waals surface area contributed by atoms with Crippen molar-refractivity contribution in [2.45, 2.75) is 63.3 Å². The van der Waals surface area contributed by atoms with E-state index in [9.17, 15) is 4.79 Å². The second-order valence-corrected chi connectivity index (χ2v) is 8.19. The van der Waals surface area contributed by atoms with Crippen LogP contribution in [-0.2, 0) is 16.8 Å². The minimum Gasteiger partial charge on any atom is -0.497 e. The highest BCUT2D eigenvalue weighted by Gasteiger charge is 2.52. The Balaban J connectivity index is 1.64. The Labute approximate surface area is 150 Å². The molecule has 2 fully saturated rings. The number of carbonyl (C=O) groups excluding carboxylic acids is 1. The van der Waals surface area contributed by atoms with Crippen LogP contribution in [0, 0.1) is 17.8 Å². The van der Waals surface area contributed by atoms with Crippen LogP contribution in [-0.4, -0.2) is 24.5 Å². The predicted molar refractivity (Wildman–Crippen MR) is 98.3 cm³/mol. The summed E-state index contributed by atoms with van der Waals surface area (Å²) >= 11 is 0. The van der Waals surface area contributed by atoms with Crippen LogP contribution < -0.4 is 4.74 Å². The number of carbonyl (C=O) groups is 1. The van der Waals surface area contributed by atoms with Gasteiger partial charge >= 0.3 is 0 Å². The Morgan fingerprint density at radius 3 is 2.64 bits per heavy atom. The van der Waals surface area contributed by atoms with Gasteiger partial charge in [0.2, 0.25) is 5.91 Å². The maximum atomic E-state index is 13.5. The van der Waals surface area contributed by atoms with Crippen molar-refractivity contribution in [1.82, 2.24) is 4.90 Å². The van der Waals surface area contributed by atoms with Gasteiger partial charge in [0, 0.05) is 24.9 Å². The van der Waals surface area contributed by atoms with Crippen molar-refractivity contribution < 1.29 is 9.53 Å². The SMILES string of the molecule is C#CCC1(C(=O)N2Cc3ccc(OC)cc3C3(CC3)C2)CCCCC1. The maximum Gasteiger partial charge on any atom is 0.230 e.